The molecule has 124 valence electrons. The molecule has 0 fully saturated rings. The summed E-state index contributed by atoms with van der Waals surface area (Å²) in [6.45, 7) is 0.369. The molecule has 0 aliphatic carbocycles. The first-order chi connectivity index (χ1) is 12.2. The van der Waals surface area contributed by atoms with Gasteiger partial charge < -0.3 is 9.64 Å². The minimum Gasteiger partial charge on any atom is -0.494 e. The Bertz CT molecular complexity index is 957. The Morgan fingerprint density at radius 2 is 1.84 bits per heavy atom. The quantitative estimate of drug-likeness (QED) is 0.736. The highest BCUT2D eigenvalue weighted by molar-refractivity contribution is 6.11. The molecule has 0 N–H and O–H groups in total. The molecule has 3 aromatic rings. The summed E-state index contributed by atoms with van der Waals surface area (Å²) >= 11 is 0. The van der Waals surface area contributed by atoms with Crippen LogP contribution in [0.15, 0.2) is 55.0 Å². The number of aromatic nitrogens is 2. The van der Waals surface area contributed by atoms with E-state index < -0.39 is 0 Å². The molecule has 0 atom stereocenters. The zero-order chi connectivity index (χ0) is 17.4. The van der Waals surface area contributed by atoms with Crippen LogP contribution in [0.4, 0.5) is 10.1 Å². The summed E-state index contributed by atoms with van der Waals surface area (Å²) in [7, 11) is 1.57. The van der Waals surface area contributed by atoms with Gasteiger partial charge in [-0.05, 0) is 36.4 Å². The maximum Gasteiger partial charge on any atom is 0.259 e. The van der Waals surface area contributed by atoms with Gasteiger partial charge in [-0.25, -0.2) is 4.39 Å². The van der Waals surface area contributed by atoms with Crippen LogP contribution in [0.25, 0.3) is 11.3 Å². The van der Waals surface area contributed by atoms with Gasteiger partial charge in [-0.3, -0.25) is 14.8 Å². The van der Waals surface area contributed by atoms with E-state index in [-0.39, 0.29) is 11.7 Å². The van der Waals surface area contributed by atoms with Crippen molar-refractivity contribution in [1.29, 1.82) is 0 Å². The maximum atomic E-state index is 13.2. The number of benzene rings is 1. The van der Waals surface area contributed by atoms with E-state index in [2.05, 4.69) is 9.97 Å². The van der Waals surface area contributed by atoms with Crippen molar-refractivity contribution in [1.82, 2.24) is 9.97 Å². The molecule has 0 unspecified atom stereocenters. The monoisotopic (exact) mass is 335 g/mol. The second kappa shape index (κ2) is 5.98. The van der Waals surface area contributed by atoms with Crippen molar-refractivity contribution < 1.29 is 13.9 Å². The number of pyridine rings is 2. The van der Waals surface area contributed by atoms with Crippen LogP contribution in [0.3, 0.4) is 0 Å². The zero-order valence-electron chi connectivity index (χ0n) is 13.4. The largest absolute Gasteiger partial charge is 0.494 e. The fourth-order valence-electron chi connectivity index (χ4n) is 3.03. The molecule has 6 heteroatoms. The van der Waals surface area contributed by atoms with E-state index in [0.717, 1.165) is 11.1 Å². The second-order valence-electron chi connectivity index (χ2n) is 5.63. The molecule has 0 bridgehead atoms. The topological polar surface area (TPSA) is 55.3 Å². The number of amides is 1. The predicted octanol–water partition coefficient (Wildman–Crippen LogP) is 3.45. The first-order valence-corrected chi connectivity index (χ1v) is 7.72. The van der Waals surface area contributed by atoms with E-state index in [0.29, 0.717) is 29.2 Å². The van der Waals surface area contributed by atoms with Gasteiger partial charge in [-0.1, -0.05) is 0 Å². The van der Waals surface area contributed by atoms with Gasteiger partial charge in [0.1, 0.15) is 11.6 Å². The van der Waals surface area contributed by atoms with Crippen molar-refractivity contribution in [2.45, 2.75) is 6.54 Å². The molecule has 3 heterocycles. The van der Waals surface area contributed by atoms with E-state index >= 15 is 0 Å². The number of anilines is 1. The summed E-state index contributed by atoms with van der Waals surface area (Å²) in [5.41, 5.74) is 3.53. The Labute approximate surface area is 143 Å². The van der Waals surface area contributed by atoms with Crippen molar-refractivity contribution in [3.05, 3.63) is 71.9 Å². The van der Waals surface area contributed by atoms with Crippen LogP contribution in [0, 0.1) is 5.82 Å². The molecule has 5 nitrogen and oxygen atoms in total. The highest BCUT2D eigenvalue weighted by Crippen LogP contribution is 2.36. The Hall–Kier alpha value is -3.28. The third-order valence-electron chi connectivity index (χ3n) is 4.25. The predicted molar refractivity (Wildman–Crippen MR) is 90.9 cm³/mol. The average molecular weight is 335 g/mol. The fraction of sp³-hybridized carbons (Fsp3) is 0.105. The third kappa shape index (κ3) is 2.52. The van der Waals surface area contributed by atoms with Crippen molar-refractivity contribution in [3.8, 4) is 17.0 Å². The van der Waals surface area contributed by atoms with Gasteiger partial charge in [0.2, 0.25) is 0 Å². The second-order valence-corrected chi connectivity index (χ2v) is 5.63. The van der Waals surface area contributed by atoms with Crippen molar-refractivity contribution in [2.75, 3.05) is 12.0 Å². The number of ether oxygens (including phenoxy) is 1. The van der Waals surface area contributed by atoms with Gasteiger partial charge >= 0.3 is 0 Å². The lowest BCUT2D eigenvalue weighted by atomic mass is 10.0. The Balaban J connectivity index is 1.80. The Kier molecular flexibility index (Phi) is 3.65. The van der Waals surface area contributed by atoms with Crippen molar-refractivity contribution in [2.24, 2.45) is 0 Å². The number of halogens is 1. The van der Waals surface area contributed by atoms with Gasteiger partial charge in [-0.2, -0.15) is 0 Å². The molecule has 1 aliphatic rings. The summed E-state index contributed by atoms with van der Waals surface area (Å²) in [6.07, 6.45) is 4.89. The number of rotatable bonds is 3. The Morgan fingerprint density at radius 3 is 2.60 bits per heavy atom. The summed E-state index contributed by atoms with van der Waals surface area (Å²) in [6, 6.07) is 9.40. The number of fused-ring (bicyclic) bond motifs is 1. The van der Waals surface area contributed by atoms with Crippen LogP contribution in [0.1, 0.15) is 15.9 Å². The molecule has 1 amide bonds. The fourth-order valence-corrected chi connectivity index (χ4v) is 3.03. The van der Waals surface area contributed by atoms with E-state index in [4.69, 9.17) is 4.74 Å². The number of nitrogens with zero attached hydrogens (tertiary/aromatic N) is 3. The van der Waals surface area contributed by atoms with Gasteiger partial charge in [0.25, 0.3) is 5.91 Å². The summed E-state index contributed by atoms with van der Waals surface area (Å²) < 4.78 is 18.5. The lowest BCUT2D eigenvalue weighted by Crippen LogP contribution is -2.22. The highest BCUT2D eigenvalue weighted by Gasteiger charge is 2.31. The maximum absolute atomic E-state index is 13.2. The minimum absolute atomic E-state index is 0.127. The highest BCUT2D eigenvalue weighted by atomic mass is 19.1. The number of hydrogen-bond donors (Lipinski definition) is 0. The summed E-state index contributed by atoms with van der Waals surface area (Å²) in [5.74, 6) is 0.131. The van der Waals surface area contributed by atoms with Crippen molar-refractivity contribution >= 4 is 11.6 Å². The minimum atomic E-state index is -0.336. The van der Waals surface area contributed by atoms with Gasteiger partial charge in [0.15, 0.2) is 0 Å². The van der Waals surface area contributed by atoms with E-state index in [1.54, 1.807) is 48.8 Å². The molecule has 2 aromatic heterocycles. The molecular weight excluding hydrogens is 321 g/mol. The van der Waals surface area contributed by atoms with Gasteiger partial charge in [0, 0.05) is 34.8 Å². The molecule has 1 aliphatic heterocycles. The lowest BCUT2D eigenvalue weighted by molar-refractivity contribution is 0.0996. The molecule has 4 rings (SSSR count). The summed E-state index contributed by atoms with van der Waals surface area (Å²) in [5, 5.41) is 0. The number of carbonyl (C=O) groups is 1. The molecule has 0 saturated carbocycles. The number of methoxy groups -OCH3 is 1. The molecular formula is C19H14FN3O2. The Morgan fingerprint density at radius 1 is 1.08 bits per heavy atom. The standard InChI is InChI=1S/C19H14FN3O2/c1-25-17-10-21-8-6-15(17)18-16-11-23(13-4-2-12(20)3-5-13)19(24)14(16)7-9-22-18/h2-10H,11H2,1H3. The van der Waals surface area contributed by atoms with Crippen LogP contribution in [-0.2, 0) is 6.54 Å². The summed E-state index contributed by atoms with van der Waals surface area (Å²) in [4.78, 5) is 22.9. The first kappa shape index (κ1) is 15.3. The lowest BCUT2D eigenvalue weighted by Gasteiger charge is -2.15. The number of carbonyl (C=O) groups excluding carboxylic acids is 1. The van der Waals surface area contributed by atoms with Crippen molar-refractivity contribution in [3.63, 3.8) is 0 Å². The van der Waals surface area contributed by atoms with Crippen LogP contribution in [0.5, 0.6) is 5.75 Å². The van der Waals surface area contributed by atoms with Gasteiger partial charge in [0.05, 0.1) is 25.5 Å². The molecule has 0 radical (unpaired) electrons. The van der Waals surface area contributed by atoms with Crippen LogP contribution >= 0.6 is 0 Å². The molecule has 25 heavy (non-hydrogen) atoms. The van der Waals surface area contributed by atoms with Crippen LogP contribution < -0.4 is 9.64 Å². The van der Waals surface area contributed by atoms with E-state index in [9.17, 15) is 9.18 Å². The van der Waals surface area contributed by atoms with Crippen LogP contribution in [0.2, 0.25) is 0 Å². The first-order valence-electron chi connectivity index (χ1n) is 7.72. The molecule has 0 spiro atoms. The van der Waals surface area contributed by atoms with Gasteiger partial charge in [-0.15, -0.1) is 0 Å². The average Bonchev–Trinajstić information content (AvgIpc) is 2.99. The number of hydrogen-bond acceptors (Lipinski definition) is 4. The zero-order valence-corrected chi connectivity index (χ0v) is 13.4. The smallest absolute Gasteiger partial charge is 0.259 e. The SMILES string of the molecule is COc1cnccc1-c1nccc2c1CN(c1ccc(F)cc1)C2=O. The molecule has 0 saturated heterocycles. The normalized spacial score (nSPS) is 13.0. The van der Waals surface area contributed by atoms with Crippen LogP contribution in [-0.4, -0.2) is 23.0 Å². The third-order valence-corrected chi connectivity index (χ3v) is 4.25. The van der Waals surface area contributed by atoms with E-state index in [1.165, 1.54) is 12.1 Å². The molecule has 1 aromatic carbocycles. The van der Waals surface area contributed by atoms with E-state index in [1.807, 2.05) is 6.07 Å².